The fourth-order valence-corrected chi connectivity index (χ4v) is 3.64. The van der Waals surface area contributed by atoms with Crippen LogP contribution in [0.2, 0.25) is 0 Å². The number of ether oxygens (including phenoxy) is 1. The summed E-state index contributed by atoms with van der Waals surface area (Å²) in [6.45, 7) is 5.68. The summed E-state index contributed by atoms with van der Waals surface area (Å²) in [6, 6.07) is 4.01. The van der Waals surface area contributed by atoms with Gasteiger partial charge in [-0.3, -0.25) is 4.90 Å². The molecule has 0 radical (unpaired) electrons. The van der Waals surface area contributed by atoms with Gasteiger partial charge in [0.1, 0.15) is 6.33 Å². The lowest BCUT2D eigenvalue weighted by atomic mass is 10.1. The van der Waals surface area contributed by atoms with Gasteiger partial charge in [0.25, 0.3) is 0 Å². The molecule has 1 atom stereocenters. The van der Waals surface area contributed by atoms with Gasteiger partial charge in [-0.05, 0) is 37.8 Å². The highest BCUT2D eigenvalue weighted by Crippen LogP contribution is 2.17. The van der Waals surface area contributed by atoms with E-state index in [4.69, 9.17) is 9.72 Å². The SMILES string of the molecule is c1cc(CC[C@H]2CN(Cc3ccnc(N4CCCC4)n3)CCO2)ncn1. The van der Waals surface area contributed by atoms with Crippen LogP contribution in [-0.4, -0.2) is 63.7 Å². The summed E-state index contributed by atoms with van der Waals surface area (Å²) in [4.78, 5) is 22.2. The molecule has 0 unspecified atom stereocenters. The van der Waals surface area contributed by atoms with Gasteiger partial charge in [0.15, 0.2) is 0 Å². The summed E-state index contributed by atoms with van der Waals surface area (Å²) in [7, 11) is 0. The minimum Gasteiger partial charge on any atom is -0.376 e. The van der Waals surface area contributed by atoms with Gasteiger partial charge in [-0.25, -0.2) is 19.9 Å². The molecule has 0 amide bonds. The molecule has 0 spiro atoms. The number of rotatable bonds is 6. The number of morpholine rings is 1. The molecule has 7 heteroatoms. The van der Waals surface area contributed by atoms with Gasteiger partial charge in [-0.1, -0.05) is 0 Å². The Balaban J connectivity index is 1.31. The summed E-state index contributed by atoms with van der Waals surface area (Å²) in [5.74, 6) is 0.883. The summed E-state index contributed by atoms with van der Waals surface area (Å²) in [6.07, 6.45) is 9.93. The van der Waals surface area contributed by atoms with Crippen molar-refractivity contribution >= 4 is 5.95 Å². The highest BCUT2D eigenvalue weighted by Gasteiger charge is 2.21. The Bertz CT molecular complexity index is 691. The smallest absolute Gasteiger partial charge is 0.225 e. The van der Waals surface area contributed by atoms with Gasteiger partial charge in [-0.2, -0.15) is 0 Å². The van der Waals surface area contributed by atoms with Crippen molar-refractivity contribution in [3.8, 4) is 0 Å². The first-order valence-corrected chi connectivity index (χ1v) is 9.52. The van der Waals surface area contributed by atoms with Crippen molar-refractivity contribution in [3.05, 3.63) is 42.2 Å². The van der Waals surface area contributed by atoms with E-state index < -0.39 is 0 Å². The Morgan fingerprint density at radius 2 is 1.92 bits per heavy atom. The zero-order chi connectivity index (χ0) is 17.6. The number of hydrogen-bond acceptors (Lipinski definition) is 7. The molecule has 2 aromatic heterocycles. The maximum absolute atomic E-state index is 5.95. The number of anilines is 1. The molecule has 7 nitrogen and oxygen atoms in total. The van der Waals surface area contributed by atoms with Crippen molar-refractivity contribution < 1.29 is 4.74 Å². The van der Waals surface area contributed by atoms with Crippen LogP contribution in [0.4, 0.5) is 5.95 Å². The van der Waals surface area contributed by atoms with Gasteiger partial charge in [-0.15, -0.1) is 0 Å². The van der Waals surface area contributed by atoms with Crippen LogP contribution in [-0.2, 0) is 17.7 Å². The molecular weight excluding hydrogens is 328 g/mol. The van der Waals surface area contributed by atoms with Crippen LogP contribution in [0.1, 0.15) is 30.7 Å². The molecule has 2 aliphatic heterocycles. The van der Waals surface area contributed by atoms with Crippen LogP contribution in [0.15, 0.2) is 30.9 Å². The zero-order valence-electron chi connectivity index (χ0n) is 15.1. The molecule has 2 aromatic rings. The van der Waals surface area contributed by atoms with E-state index in [2.05, 4.69) is 24.8 Å². The van der Waals surface area contributed by atoms with Gasteiger partial charge < -0.3 is 9.64 Å². The van der Waals surface area contributed by atoms with Crippen LogP contribution in [0.5, 0.6) is 0 Å². The monoisotopic (exact) mass is 354 g/mol. The predicted molar refractivity (Wildman–Crippen MR) is 98.8 cm³/mol. The van der Waals surface area contributed by atoms with E-state index in [1.54, 1.807) is 12.5 Å². The van der Waals surface area contributed by atoms with E-state index in [1.807, 2.05) is 18.3 Å². The van der Waals surface area contributed by atoms with Gasteiger partial charge >= 0.3 is 0 Å². The molecule has 26 heavy (non-hydrogen) atoms. The lowest BCUT2D eigenvalue weighted by Crippen LogP contribution is -2.42. The first-order chi connectivity index (χ1) is 12.9. The van der Waals surface area contributed by atoms with E-state index in [1.165, 1.54) is 12.8 Å². The average Bonchev–Trinajstić information content (AvgIpc) is 3.23. The molecule has 0 saturated carbocycles. The van der Waals surface area contributed by atoms with Crippen molar-refractivity contribution in [3.63, 3.8) is 0 Å². The van der Waals surface area contributed by atoms with Crippen LogP contribution in [0.25, 0.3) is 0 Å². The van der Waals surface area contributed by atoms with Gasteiger partial charge in [0, 0.05) is 50.8 Å². The second-order valence-corrected chi connectivity index (χ2v) is 7.01. The fraction of sp³-hybridized carbons (Fsp3) is 0.579. The molecule has 0 N–H and O–H groups in total. The molecule has 4 heterocycles. The molecule has 2 fully saturated rings. The van der Waals surface area contributed by atoms with Crippen molar-refractivity contribution in [2.75, 3.05) is 37.7 Å². The highest BCUT2D eigenvalue weighted by atomic mass is 16.5. The van der Waals surface area contributed by atoms with Crippen LogP contribution < -0.4 is 4.90 Å². The molecule has 0 aliphatic carbocycles. The second kappa shape index (κ2) is 8.51. The molecule has 0 aromatic carbocycles. The topological polar surface area (TPSA) is 67.3 Å². The summed E-state index contributed by atoms with van der Waals surface area (Å²) in [5, 5.41) is 0. The Kier molecular flexibility index (Phi) is 5.66. The minimum absolute atomic E-state index is 0.249. The van der Waals surface area contributed by atoms with E-state index >= 15 is 0 Å². The maximum atomic E-state index is 5.95. The first kappa shape index (κ1) is 17.3. The van der Waals surface area contributed by atoms with Crippen molar-refractivity contribution in [1.29, 1.82) is 0 Å². The predicted octanol–water partition coefficient (Wildman–Crippen LogP) is 1.70. The van der Waals surface area contributed by atoms with Gasteiger partial charge in [0.2, 0.25) is 5.95 Å². The van der Waals surface area contributed by atoms with Crippen LogP contribution in [0, 0.1) is 0 Å². The largest absolute Gasteiger partial charge is 0.376 e. The van der Waals surface area contributed by atoms with Crippen LogP contribution in [0.3, 0.4) is 0 Å². The van der Waals surface area contributed by atoms with E-state index in [9.17, 15) is 0 Å². The number of nitrogens with zero attached hydrogens (tertiary/aromatic N) is 6. The standard InChI is InChI=1S/C19H26N6O/c1-2-10-25(9-1)19-21-8-6-17(23-19)13-24-11-12-26-18(14-24)4-3-16-5-7-20-15-22-16/h5-8,15,18H,1-4,9-14H2/t18-/m0/s1. The summed E-state index contributed by atoms with van der Waals surface area (Å²) in [5.41, 5.74) is 2.17. The molecule has 0 bridgehead atoms. The molecular formula is C19H26N6O. The average molecular weight is 354 g/mol. The Hall–Kier alpha value is -2.12. The quantitative estimate of drug-likeness (QED) is 0.782. The summed E-state index contributed by atoms with van der Waals surface area (Å²) < 4.78 is 5.95. The van der Waals surface area contributed by atoms with Crippen molar-refractivity contribution in [2.24, 2.45) is 0 Å². The molecule has 138 valence electrons. The Morgan fingerprint density at radius 3 is 2.77 bits per heavy atom. The van der Waals surface area contributed by atoms with Crippen molar-refractivity contribution in [2.45, 2.75) is 38.3 Å². The second-order valence-electron chi connectivity index (χ2n) is 7.01. The van der Waals surface area contributed by atoms with Crippen molar-refractivity contribution in [1.82, 2.24) is 24.8 Å². The first-order valence-electron chi connectivity index (χ1n) is 9.52. The minimum atomic E-state index is 0.249. The van der Waals surface area contributed by atoms with E-state index in [0.29, 0.717) is 0 Å². The lowest BCUT2D eigenvalue weighted by Gasteiger charge is -2.32. The van der Waals surface area contributed by atoms with Crippen LogP contribution >= 0.6 is 0 Å². The Morgan fingerprint density at radius 1 is 1.04 bits per heavy atom. The highest BCUT2D eigenvalue weighted by molar-refractivity contribution is 5.31. The van der Waals surface area contributed by atoms with Gasteiger partial charge in [0.05, 0.1) is 18.4 Å². The summed E-state index contributed by atoms with van der Waals surface area (Å²) >= 11 is 0. The molecule has 2 aliphatic rings. The molecule has 2 saturated heterocycles. The van der Waals surface area contributed by atoms with E-state index in [0.717, 1.165) is 69.5 Å². The number of aryl methyl sites for hydroxylation is 1. The van der Waals surface area contributed by atoms with E-state index in [-0.39, 0.29) is 6.10 Å². The Labute approximate surface area is 154 Å². The maximum Gasteiger partial charge on any atom is 0.225 e. The zero-order valence-corrected chi connectivity index (χ0v) is 15.1. The number of hydrogen-bond donors (Lipinski definition) is 0. The third-order valence-corrected chi connectivity index (χ3v) is 5.06. The third kappa shape index (κ3) is 4.53. The lowest BCUT2D eigenvalue weighted by molar-refractivity contribution is -0.0350. The fourth-order valence-electron chi connectivity index (χ4n) is 3.64. The third-order valence-electron chi connectivity index (χ3n) is 5.06. The normalized spacial score (nSPS) is 21.2. The molecule has 4 rings (SSSR count). The number of aromatic nitrogens is 4.